The fourth-order valence-corrected chi connectivity index (χ4v) is 3.15. The number of carbonyl (C=O) groups is 1. The molecule has 3 heterocycles. The van der Waals surface area contributed by atoms with Gasteiger partial charge >= 0.3 is 5.97 Å². The number of thioether (sulfide) groups is 1. The number of hydrogen-bond acceptors (Lipinski definition) is 7. The Labute approximate surface area is 148 Å². The molecular formula is C17H17N3O4S. The van der Waals surface area contributed by atoms with Crippen molar-refractivity contribution in [2.45, 2.75) is 24.4 Å². The van der Waals surface area contributed by atoms with Gasteiger partial charge < -0.3 is 13.6 Å². The minimum absolute atomic E-state index is 0.181. The number of hydrogen-bond donors (Lipinski definition) is 0. The second-order valence-electron chi connectivity index (χ2n) is 5.14. The Hall–Kier alpha value is -2.74. The maximum absolute atomic E-state index is 11.4. The topological polar surface area (TPSA) is 83.3 Å². The van der Waals surface area contributed by atoms with Crippen molar-refractivity contribution in [2.75, 3.05) is 7.11 Å². The fourth-order valence-electron chi connectivity index (χ4n) is 2.31. The summed E-state index contributed by atoms with van der Waals surface area (Å²) in [6.45, 7) is 6.24. The van der Waals surface area contributed by atoms with Crippen molar-refractivity contribution < 1.29 is 18.4 Å². The van der Waals surface area contributed by atoms with Crippen LogP contribution in [0, 0.1) is 6.92 Å². The van der Waals surface area contributed by atoms with Gasteiger partial charge in [0, 0.05) is 6.54 Å². The minimum atomic E-state index is -0.496. The van der Waals surface area contributed by atoms with E-state index in [4.69, 9.17) is 8.83 Å². The molecule has 0 fully saturated rings. The average Bonchev–Trinajstić information content (AvgIpc) is 3.33. The number of nitrogens with zero attached hydrogens (tertiary/aromatic N) is 3. The lowest BCUT2D eigenvalue weighted by molar-refractivity contribution is 0.0563. The summed E-state index contributed by atoms with van der Waals surface area (Å²) >= 11 is 1.46. The summed E-state index contributed by atoms with van der Waals surface area (Å²) in [5, 5.41) is 9.26. The predicted octanol–water partition coefficient (Wildman–Crippen LogP) is 3.70. The second-order valence-corrected chi connectivity index (χ2v) is 6.08. The van der Waals surface area contributed by atoms with Gasteiger partial charge in [0.2, 0.25) is 5.76 Å². The van der Waals surface area contributed by atoms with Crippen molar-refractivity contribution in [3.8, 4) is 11.4 Å². The quantitative estimate of drug-likeness (QED) is 0.361. The number of aromatic nitrogens is 3. The molecule has 0 aromatic carbocycles. The summed E-state index contributed by atoms with van der Waals surface area (Å²) in [5.74, 6) is 2.35. The summed E-state index contributed by atoms with van der Waals surface area (Å²) in [5.41, 5.74) is 0.896. The van der Waals surface area contributed by atoms with Gasteiger partial charge in [0.1, 0.15) is 11.5 Å². The minimum Gasteiger partial charge on any atom is -0.469 e. The molecule has 0 unspecified atom stereocenters. The molecule has 0 atom stereocenters. The second kappa shape index (κ2) is 7.43. The number of allylic oxidation sites excluding steroid dienone is 1. The largest absolute Gasteiger partial charge is 0.469 e. The molecule has 0 aliphatic heterocycles. The van der Waals surface area contributed by atoms with E-state index in [0.717, 1.165) is 22.3 Å². The van der Waals surface area contributed by atoms with Gasteiger partial charge in [0.25, 0.3) is 0 Å². The first-order valence-corrected chi connectivity index (χ1v) is 8.51. The molecule has 0 radical (unpaired) electrons. The molecule has 8 heteroatoms. The molecule has 0 saturated heterocycles. The molecule has 3 aromatic heterocycles. The van der Waals surface area contributed by atoms with Crippen LogP contribution in [0.15, 0.2) is 51.1 Å². The third-order valence-corrected chi connectivity index (χ3v) is 4.51. The van der Waals surface area contributed by atoms with Crippen LogP contribution in [0.1, 0.15) is 22.1 Å². The number of ether oxygens (including phenoxy) is 1. The lowest BCUT2D eigenvalue weighted by atomic mass is 10.2. The first-order valence-electron chi connectivity index (χ1n) is 7.52. The monoisotopic (exact) mass is 359 g/mol. The third-order valence-electron chi connectivity index (χ3n) is 3.52. The molecular weight excluding hydrogens is 342 g/mol. The van der Waals surface area contributed by atoms with Gasteiger partial charge in [-0.05, 0) is 25.1 Å². The number of aryl methyl sites for hydroxylation is 1. The first kappa shape index (κ1) is 17.1. The Morgan fingerprint density at radius 3 is 2.92 bits per heavy atom. The highest BCUT2D eigenvalue weighted by molar-refractivity contribution is 7.98. The van der Waals surface area contributed by atoms with Crippen LogP contribution in [0.3, 0.4) is 0 Å². The summed E-state index contributed by atoms with van der Waals surface area (Å²) in [7, 11) is 1.32. The van der Waals surface area contributed by atoms with Gasteiger partial charge in [-0.3, -0.25) is 4.57 Å². The molecule has 25 heavy (non-hydrogen) atoms. The van der Waals surface area contributed by atoms with Crippen molar-refractivity contribution >= 4 is 17.7 Å². The maximum atomic E-state index is 11.4. The highest BCUT2D eigenvalue weighted by Crippen LogP contribution is 2.29. The number of carbonyl (C=O) groups excluding carboxylic acids is 1. The summed E-state index contributed by atoms with van der Waals surface area (Å²) in [6, 6.07) is 5.20. The molecule has 0 saturated carbocycles. The Morgan fingerprint density at radius 1 is 1.40 bits per heavy atom. The molecule has 3 rings (SSSR count). The van der Waals surface area contributed by atoms with Crippen LogP contribution in [-0.4, -0.2) is 27.8 Å². The molecule has 0 bridgehead atoms. The van der Waals surface area contributed by atoms with E-state index < -0.39 is 5.97 Å². The van der Waals surface area contributed by atoms with Gasteiger partial charge in [-0.2, -0.15) is 0 Å². The van der Waals surface area contributed by atoms with Crippen molar-refractivity contribution in [3.63, 3.8) is 0 Å². The molecule has 0 amide bonds. The van der Waals surface area contributed by atoms with Crippen LogP contribution >= 0.6 is 11.8 Å². The summed E-state index contributed by atoms with van der Waals surface area (Å²) in [6.07, 6.45) is 3.41. The number of methoxy groups -OCH3 is 1. The Kier molecular flexibility index (Phi) is 5.08. The number of furan rings is 2. The van der Waals surface area contributed by atoms with E-state index >= 15 is 0 Å². The lowest BCUT2D eigenvalue weighted by Crippen LogP contribution is -2.00. The zero-order valence-electron chi connectivity index (χ0n) is 13.9. The van der Waals surface area contributed by atoms with E-state index in [1.165, 1.54) is 18.9 Å². The van der Waals surface area contributed by atoms with Crippen LogP contribution in [-0.2, 0) is 17.0 Å². The van der Waals surface area contributed by atoms with Gasteiger partial charge in [-0.1, -0.05) is 17.8 Å². The first-order chi connectivity index (χ1) is 12.1. The maximum Gasteiger partial charge on any atom is 0.373 e. The average molecular weight is 359 g/mol. The van der Waals surface area contributed by atoms with Crippen molar-refractivity contribution in [2.24, 2.45) is 0 Å². The third kappa shape index (κ3) is 3.53. The molecule has 3 aromatic rings. The highest BCUT2D eigenvalue weighted by Gasteiger charge is 2.18. The Bertz CT molecular complexity index is 893. The SMILES string of the molecule is C=CCn1c(SCc2ccc(C(=O)OC)o2)nnc1-c1ccoc1C. The Balaban J connectivity index is 1.80. The van der Waals surface area contributed by atoms with Crippen molar-refractivity contribution in [3.05, 3.63) is 54.4 Å². The zero-order valence-corrected chi connectivity index (χ0v) is 14.7. The summed E-state index contributed by atoms with van der Waals surface area (Å²) < 4.78 is 17.4. The van der Waals surface area contributed by atoms with Gasteiger partial charge in [-0.25, -0.2) is 4.79 Å². The standard InChI is InChI=1S/C17H17N3O4S/c1-4-8-20-15(13-7-9-23-11(13)2)18-19-17(20)25-10-12-5-6-14(24-12)16(21)22-3/h4-7,9H,1,8,10H2,2-3H3. The lowest BCUT2D eigenvalue weighted by Gasteiger charge is -2.06. The van der Waals surface area contributed by atoms with Crippen molar-refractivity contribution in [1.82, 2.24) is 14.8 Å². The molecule has 0 spiro atoms. The van der Waals surface area contributed by atoms with E-state index in [-0.39, 0.29) is 5.76 Å². The van der Waals surface area contributed by atoms with E-state index in [0.29, 0.717) is 18.1 Å². The van der Waals surface area contributed by atoms with E-state index in [1.54, 1.807) is 24.5 Å². The predicted molar refractivity (Wildman–Crippen MR) is 92.3 cm³/mol. The van der Waals surface area contributed by atoms with Crippen LogP contribution in [0.2, 0.25) is 0 Å². The Morgan fingerprint density at radius 2 is 2.24 bits per heavy atom. The highest BCUT2D eigenvalue weighted by atomic mass is 32.2. The van der Waals surface area contributed by atoms with E-state index in [9.17, 15) is 4.79 Å². The molecule has 0 N–H and O–H groups in total. The zero-order chi connectivity index (χ0) is 17.8. The van der Waals surface area contributed by atoms with Gasteiger partial charge in [-0.15, -0.1) is 16.8 Å². The van der Waals surface area contributed by atoms with Gasteiger partial charge in [0.05, 0.1) is 24.7 Å². The summed E-state index contributed by atoms with van der Waals surface area (Å²) in [4.78, 5) is 11.4. The number of rotatable bonds is 7. The van der Waals surface area contributed by atoms with Crippen LogP contribution < -0.4 is 0 Å². The van der Waals surface area contributed by atoms with Crippen molar-refractivity contribution in [1.29, 1.82) is 0 Å². The number of esters is 1. The van der Waals surface area contributed by atoms with E-state index in [2.05, 4.69) is 21.5 Å². The van der Waals surface area contributed by atoms with Crippen LogP contribution in [0.25, 0.3) is 11.4 Å². The molecule has 0 aliphatic carbocycles. The normalized spacial score (nSPS) is 10.8. The van der Waals surface area contributed by atoms with Crippen LogP contribution in [0.5, 0.6) is 0 Å². The fraction of sp³-hybridized carbons (Fsp3) is 0.235. The van der Waals surface area contributed by atoms with Gasteiger partial charge in [0.15, 0.2) is 11.0 Å². The van der Waals surface area contributed by atoms with E-state index in [1.807, 2.05) is 17.6 Å². The molecule has 7 nitrogen and oxygen atoms in total. The smallest absolute Gasteiger partial charge is 0.373 e. The molecule has 130 valence electrons. The molecule has 0 aliphatic rings. The van der Waals surface area contributed by atoms with Crippen LogP contribution in [0.4, 0.5) is 0 Å².